The van der Waals surface area contributed by atoms with Crippen LogP contribution in [0, 0.1) is 0 Å². The van der Waals surface area contributed by atoms with E-state index in [-0.39, 0.29) is 0 Å². The molecule has 0 aromatic carbocycles. The standard InChI is InChI=1S/C5H10NO7P/c1-5(3(7)8,14(10,11)12)6-4(9)13-2/h1-2H3,(H,6,9)(H,7,8)(H2,10,11,12). The Morgan fingerprint density at radius 1 is 1.43 bits per heavy atom. The normalized spacial score (nSPS) is 15.4. The highest BCUT2D eigenvalue weighted by molar-refractivity contribution is 7.54. The van der Waals surface area contributed by atoms with Crippen molar-refractivity contribution < 1.29 is 33.8 Å². The summed E-state index contributed by atoms with van der Waals surface area (Å²) in [4.78, 5) is 38.6. The van der Waals surface area contributed by atoms with Crippen LogP contribution in [0.15, 0.2) is 0 Å². The molecule has 0 aromatic rings. The van der Waals surface area contributed by atoms with Crippen LogP contribution in [0.2, 0.25) is 0 Å². The second kappa shape index (κ2) is 3.95. The zero-order valence-electron chi connectivity index (χ0n) is 7.42. The maximum absolute atomic E-state index is 10.8. The molecule has 82 valence electrons. The summed E-state index contributed by atoms with van der Waals surface area (Å²) in [6, 6.07) is 0. The van der Waals surface area contributed by atoms with Crippen molar-refractivity contribution in [3.8, 4) is 0 Å². The number of hydrogen-bond acceptors (Lipinski definition) is 4. The van der Waals surface area contributed by atoms with Gasteiger partial charge in [0.05, 0.1) is 7.11 Å². The third-order valence-corrected chi connectivity index (χ3v) is 3.00. The van der Waals surface area contributed by atoms with Crippen LogP contribution in [0.5, 0.6) is 0 Å². The number of carbonyl (C=O) groups excluding carboxylic acids is 1. The molecule has 0 saturated heterocycles. The van der Waals surface area contributed by atoms with Crippen molar-refractivity contribution in [3.63, 3.8) is 0 Å². The lowest BCUT2D eigenvalue weighted by Gasteiger charge is -2.25. The van der Waals surface area contributed by atoms with E-state index in [2.05, 4.69) is 4.74 Å². The number of amides is 1. The Kier molecular flexibility index (Phi) is 3.64. The van der Waals surface area contributed by atoms with Gasteiger partial charge in [0.25, 0.3) is 0 Å². The number of aliphatic carboxylic acids is 1. The average molecular weight is 227 g/mol. The van der Waals surface area contributed by atoms with Gasteiger partial charge < -0.3 is 19.6 Å². The predicted octanol–water partition coefficient (Wildman–Crippen LogP) is -0.679. The van der Waals surface area contributed by atoms with Gasteiger partial charge in [-0.2, -0.15) is 0 Å². The third kappa shape index (κ3) is 2.44. The number of nitrogens with one attached hydrogen (secondary N) is 1. The Balaban J connectivity index is 5.04. The summed E-state index contributed by atoms with van der Waals surface area (Å²) in [6.45, 7) is 0.688. The first-order valence-corrected chi connectivity index (χ1v) is 4.91. The third-order valence-electron chi connectivity index (χ3n) is 1.53. The van der Waals surface area contributed by atoms with Crippen LogP contribution in [-0.2, 0) is 14.1 Å². The van der Waals surface area contributed by atoms with E-state index in [4.69, 9.17) is 14.9 Å². The van der Waals surface area contributed by atoms with Crippen molar-refractivity contribution in [2.24, 2.45) is 0 Å². The second-order valence-corrected chi connectivity index (χ2v) is 4.52. The lowest BCUT2D eigenvalue weighted by atomic mass is 10.3. The predicted molar refractivity (Wildman–Crippen MR) is 43.6 cm³/mol. The zero-order chi connectivity index (χ0) is 11.6. The van der Waals surface area contributed by atoms with E-state index in [0.29, 0.717) is 6.92 Å². The van der Waals surface area contributed by atoms with Crippen molar-refractivity contribution in [2.75, 3.05) is 7.11 Å². The summed E-state index contributed by atoms with van der Waals surface area (Å²) < 4.78 is 14.8. The van der Waals surface area contributed by atoms with Gasteiger partial charge in [-0.1, -0.05) is 0 Å². The van der Waals surface area contributed by atoms with E-state index in [1.54, 1.807) is 5.32 Å². The molecule has 0 spiro atoms. The first-order chi connectivity index (χ1) is 6.15. The average Bonchev–Trinajstić information content (AvgIpc) is 2.01. The van der Waals surface area contributed by atoms with Crippen molar-refractivity contribution in [1.82, 2.24) is 5.32 Å². The summed E-state index contributed by atoms with van der Waals surface area (Å²) in [6.07, 6.45) is -1.24. The van der Waals surface area contributed by atoms with Gasteiger partial charge in [0, 0.05) is 0 Å². The molecule has 0 saturated carbocycles. The summed E-state index contributed by atoms with van der Waals surface area (Å²) in [7, 11) is -4.08. The number of carbonyl (C=O) groups is 2. The van der Waals surface area contributed by atoms with Crippen LogP contribution < -0.4 is 5.32 Å². The Morgan fingerprint density at radius 2 is 1.86 bits per heavy atom. The molecule has 1 amide bonds. The maximum Gasteiger partial charge on any atom is 0.408 e. The fourth-order valence-corrected chi connectivity index (χ4v) is 0.987. The van der Waals surface area contributed by atoms with Crippen LogP contribution in [0.3, 0.4) is 0 Å². The largest absolute Gasteiger partial charge is 0.479 e. The van der Waals surface area contributed by atoms with E-state index in [9.17, 15) is 14.2 Å². The van der Waals surface area contributed by atoms with E-state index in [1.807, 2.05) is 0 Å². The van der Waals surface area contributed by atoms with Crippen LogP contribution in [0.4, 0.5) is 4.79 Å². The topological polar surface area (TPSA) is 133 Å². The summed E-state index contributed by atoms with van der Waals surface area (Å²) >= 11 is 0. The zero-order valence-corrected chi connectivity index (χ0v) is 8.32. The number of methoxy groups -OCH3 is 1. The molecule has 0 aliphatic heterocycles. The minimum atomic E-state index is -5.02. The van der Waals surface area contributed by atoms with Gasteiger partial charge in [-0.3, -0.25) is 9.88 Å². The molecular weight excluding hydrogens is 217 g/mol. The molecule has 14 heavy (non-hydrogen) atoms. The molecule has 0 heterocycles. The van der Waals surface area contributed by atoms with Crippen LogP contribution in [0.1, 0.15) is 6.92 Å². The van der Waals surface area contributed by atoms with E-state index >= 15 is 0 Å². The van der Waals surface area contributed by atoms with Gasteiger partial charge in [-0.25, -0.2) is 9.59 Å². The number of carboxylic acid groups (broad SMARTS) is 1. The van der Waals surface area contributed by atoms with E-state index in [1.165, 1.54) is 0 Å². The van der Waals surface area contributed by atoms with Gasteiger partial charge in [-0.15, -0.1) is 0 Å². The molecule has 0 bridgehead atoms. The molecule has 0 aliphatic carbocycles. The monoisotopic (exact) mass is 227 g/mol. The number of rotatable bonds is 3. The Morgan fingerprint density at radius 3 is 2.07 bits per heavy atom. The Bertz CT molecular complexity index is 296. The van der Waals surface area contributed by atoms with Crippen molar-refractivity contribution in [3.05, 3.63) is 0 Å². The lowest BCUT2D eigenvalue weighted by Crippen LogP contribution is -2.51. The molecule has 0 rings (SSSR count). The fraction of sp³-hybridized carbons (Fsp3) is 0.600. The summed E-state index contributed by atoms with van der Waals surface area (Å²) in [5.74, 6) is -1.85. The highest BCUT2D eigenvalue weighted by atomic mass is 31.2. The smallest absolute Gasteiger partial charge is 0.408 e. The molecule has 1 atom stereocenters. The van der Waals surface area contributed by atoms with E-state index < -0.39 is 24.9 Å². The molecule has 0 fully saturated rings. The minimum absolute atomic E-state index is 0.688. The molecule has 0 aromatic heterocycles. The Labute approximate surface area is 79.0 Å². The number of hydrogen-bond donors (Lipinski definition) is 4. The highest BCUT2D eigenvalue weighted by Gasteiger charge is 2.51. The lowest BCUT2D eigenvalue weighted by molar-refractivity contribution is -0.141. The maximum atomic E-state index is 10.8. The molecular formula is C5H10NO7P. The molecule has 0 radical (unpaired) electrons. The Hall–Kier alpha value is -1.11. The van der Waals surface area contributed by atoms with Crippen molar-refractivity contribution in [2.45, 2.75) is 12.2 Å². The van der Waals surface area contributed by atoms with Crippen LogP contribution in [-0.4, -0.2) is 39.3 Å². The van der Waals surface area contributed by atoms with Gasteiger partial charge >= 0.3 is 19.7 Å². The van der Waals surface area contributed by atoms with Crippen LogP contribution in [0.25, 0.3) is 0 Å². The number of ether oxygens (including phenoxy) is 1. The molecule has 0 aliphatic rings. The molecule has 8 nitrogen and oxygen atoms in total. The van der Waals surface area contributed by atoms with Gasteiger partial charge in [0.2, 0.25) is 5.28 Å². The molecule has 4 N–H and O–H groups in total. The van der Waals surface area contributed by atoms with Gasteiger partial charge in [0.15, 0.2) is 0 Å². The quantitative estimate of drug-likeness (QED) is 0.469. The fourth-order valence-electron chi connectivity index (χ4n) is 0.501. The number of alkyl carbamates (subject to hydrolysis) is 1. The summed E-state index contributed by atoms with van der Waals surface area (Å²) in [5, 5.41) is 7.43. The minimum Gasteiger partial charge on any atom is -0.479 e. The molecule has 1 unspecified atom stereocenters. The highest BCUT2D eigenvalue weighted by Crippen LogP contribution is 2.48. The summed E-state index contributed by atoms with van der Waals surface area (Å²) in [5.41, 5.74) is 0. The van der Waals surface area contributed by atoms with Crippen molar-refractivity contribution >= 4 is 19.7 Å². The number of carboxylic acids is 1. The van der Waals surface area contributed by atoms with Gasteiger partial charge in [0.1, 0.15) is 0 Å². The first kappa shape index (κ1) is 12.9. The van der Waals surface area contributed by atoms with Crippen LogP contribution >= 0.6 is 7.60 Å². The first-order valence-electron chi connectivity index (χ1n) is 3.30. The van der Waals surface area contributed by atoms with Gasteiger partial charge in [-0.05, 0) is 6.92 Å². The SMILES string of the molecule is COC(=O)NC(C)(C(=O)O)P(=O)(O)O. The van der Waals surface area contributed by atoms with Crippen molar-refractivity contribution in [1.29, 1.82) is 0 Å². The van der Waals surface area contributed by atoms with E-state index in [0.717, 1.165) is 7.11 Å². The second-order valence-electron chi connectivity index (χ2n) is 2.54. The molecule has 9 heteroatoms.